The number of H-pyrrole nitrogens is 1. The number of nitro groups is 1. The molecule has 0 aliphatic rings. The van der Waals surface area contributed by atoms with Crippen molar-refractivity contribution in [2.24, 2.45) is 0 Å². The van der Waals surface area contributed by atoms with Gasteiger partial charge in [0, 0.05) is 23.2 Å². The van der Waals surface area contributed by atoms with E-state index in [1.165, 1.54) is 12.1 Å². The van der Waals surface area contributed by atoms with Gasteiger partial charge in [0.2, 0.25) is 0 Å². The first-order chi connectivity index (χ1) is 14.5. The molecule has 148 valence electrons. The molecular formula is C22H15ClN4O3. The molecular weight excluding hydrogens is 404 g/mol. The molecule has 7 nitrogen and oxygen atoms in total. The quantitative estimate of drug-likeness (QED) is 0.328. The first-order valence-electron chi connectivity index (χ1n) is 8.98. The molecule has 1 aromatic heterocycles. The van der Waals surface area contributed by atoms with E-state index in [0.29, 0.717) is 5.69 Å². The standard InChI is InChI=1S/C22H15ClN4O3/c23-18-13-15(27(29)30)10-11-16(18)22(28)24-19-7-3-1-5-14(19)9-12-21-17-6-2-4-8-20(17)25-26-21/h1-13H,(H,24,28)(H,25,26)/b12-9+. The number of aromatic amines is 1. The molecule has 0 spiro atoms. The number of non-ortho nitro benzene ring substituents is 1. The van der Waals surface area contributed by atoms with E-state index >= 15 is 0 Å². The topological polar surface area (TPSA) is 101 Å². The number of carbonyl (C=O) groups is 1. The van der Waals surface area contributed by atoms with Gasteiger partial charge in [-0.1, -0.05) is 54.1 Å². The third-order valence-corrected chi connectivity index (χ3v) is 4.85. The molecule has 1 amide bonds. The molecule has 30 heavy (non-hydrogen) atoms. The molecule has 4 aromatic rings. The molecule has 0 saturated heterocycles. The number of carbonyl (C=O) groups excluding carboxylic acids is 1. The zero-order chi connectivity index (χ0) is 21.1. The van der Waals surface area contributed by atoms with E-state index < -0.39 is 10.8 Å². The number of benzene rings is 3. The smallest absolute Gasteiger partial charge is 0.270 e. The fourth-order valence-corrected chi connectivity index (χ4v) is 3.29. The van der Waals surface area contributed by atoms with E-state index in [0.717, 1.165) is 28.2 Å². The minimum Gasteiger partial charge on any atom is -0.321 e. The molecule has 4 rings (SSSR count). The molecule has 0 bridgehead atoms. The number of fused-ring (bicyclic) bond motifs is 1. The lowest BCUT2D eigenvalue weighted by molar-refractivity contribution is -0.384. The molecule has 0 aliphatic heterocycles. The SMILES string of the molecule is O=C(Nc1ccccc1/C=C/c1n[nH]c2ccccc12)c1ccc([N+](=O)[O-])cc1Cl. The average Bonchev–Trinajstić information content (AvgIpc) is 3.16. The van der Waals surface area contributed by atoms with Crippen molar-refractivity contribution in [3.05, 3.63) is 98.7 Å². The van der Waals surface area contributed by atoms with Crippen LogP contribution in [0.4, 0.5) is 11.4 Å². The van der Waals surface area contributed by atoms with Crippen LogP contribution in [0, 0.1) is 10.1 Å². The van der Waals surface area contributed by atoms with Crippen LogP contribution in [-0.2, 0) is 0 Å². The number of nitro benzene ring substituents is 1. The average molecular weight is 419 g/mol. The Hall–Kier alpha value is -3.97. The van der Waals surface area contributed by atoms with Gasteiger partial charge >= 0.3 is 0 Å². The highest BCUT2D eigenvalue weighted by Gasteiger charge is 2.16. The molecule has 2 N–H and O–H groups in total. The summed E-state index contributed by atoms with van der Waals surface area (Å²) in [6.07, 6.45) is 3.72. The molecule has 0 unspecified atom stereocenters. The van der Waals surface area contributed by atoms with E-state index in [1.807, 2.05) is 48.6 Å². The third-order valence-electron chi connectivity index (χ3n) is 4.54. The summed E-state index contributed by atoms with van der Waals surface area (Å²) in [5, 5.41) is 22.0. The lowest BCUT2D eigenvalue weighted by Gasteiger charge is -2.09. The van der Waals surface area contributed by atoms with Crippen LogP contribution in [0.1, 0.15) is 21.6 Å². The van der Waals surface area contributed by atoms with Crippen LogP contribution in [0.3, 0.4) is 0 Å². The van der Waals surface area contributed by atoms with E-state index in [4.69, 9.17) is 11.6 Å². The first kappa shape index (κ1) is 19.4. The van der Waals surface area contributed by atoms with Crippen molar-refractivity contribution in [2.75, 3.05) is 5.32 Å². The second kappa shape index (κ2) is 8.18. The molecule has 8 heteroatoms. The fourth-order valence-electron chi connectivity index (χ4n) is 3.03. The van der Waals surface area contributed by atoms with E-state index in [2.05, 4.69) is 15.5 Å². The van der Waals surface area contributed by atoms with Crippen LogP contribution in [0.25, 0.3) is 23.1 Å². The van der Waals surface area contributed by atoms with Crippen LogP contribution >= 0.6 is 11.6 Å². The van der Waals surface area contributed by atoms with Crippen molar-refractivity contribution in [2.45, 2.75) is 0 Å². The van der Waals surface area contributed by atoms with Crippen molar-refractivity contribution in [3.8, 4) is 0 Å². The summed E-state index contributed by atoms with van der Waals surface area (Å²) >= 11 is 6.07. The number of rotatable bonds is 5. The number of para-hydroxylation sites is 2. The van der Waals surface area contributed by atoms with E-state index in [9.17, 15) is 14.9 Å². The van der Waals surface area contributed by atoms with Gasteiger partial charge in [-0.3, -0.25) is 20.0 Å². The van der Waals surface area contributed by atoms with Gasteiger partial charge in [0.05, 0.1) is 26.7 Å². The second-order valence-corrected chi connectivity index (χ2v) is 6.86. The van der Waals surface area contributed by atoms with E-state index in [1.54, 1.807) is 12.1 Å². The number of hydrogen-bond acceptors (Lipinski definition) is 4. The molecule has 3 aromatic carbocycles. The van der Waals surface area contributed by atoms with Crippen molar-refractivity contribution in [3.63, 3.8) is 0 Å². The maximum atomic E-state index is 12.7. The first-order valence-corrected chi connectivity index (χ1v) is 9.36. The number of halogens is 1. The van der Waals surface area contributed by atoms with Crippen LogP contribution in [-0.4, -0.2) is 21.0 Å². The van der Waals surface area contributed by atoms with Crippen molar-refractivity contribution in [1.29, 1.82) is 0 Å². The number of nitrogens with zero attached hydrogens (tertiary/aromatic N) is 2. The van der Waals surface area contributed by atoms with Gasteiger partial charge in [-0.05, 0) is 29.8 Å². The van der Waals surface area contributed by atoms with Crippen molar-refractivity contribution >= 4 is 51.9 Å². The number of nitrogens with one attached hydrogen (secondary N) is 2. The largest absolute Gasteiger partial charge is 0.321 e. The lowest BCUT2D eigenvalue weighted by atomic mass is 10.1. The van der Waals surface area contributed by atoms with Gasteiger partial charge < -0.3 is 5.32 Å². The summed E-state index contributed by atoms with van der Waals surface area (Å²) in [5.74, 6) is -0.457. The third kappa shape index (κ3) is 3.92. The predicted molar refractivity (Wildman–Crippen MR) is 118 cm³/mol. The van der Waals surface area contributed by atoms with Crippen LogP contribution in [0.15, 0.2) is 66.7 Å². The summed E-state index contributed by atoms with van der Waals surface area (Å²) in [4.78, 5) is 23.0. The normalized spacial score (nSPS) is 11.1. The Bertz CT molecular complexity index is 1300. The zero-order valence-electron chi connectivity index (χ0n) is 15.5. The molecule has 0 fully saturated rings. The fraction of sp³-hybridized carbons (Fsp3) is 0. The predicted octanol–water partition coefficient (Wildman–Crippen LogP) is 5.55. The van der Waals surface area contributed by atoms with Gasteiger partial charge in [-0.15, -0.1) is 0 Å². The summed E-state index contributed by atoms with van der Waals surface area (Å²) in [6, 6.07) is 18.8. The zero-order valence-corrected chi connectivity index (χ0v) is 16.3. The van der Waals surface area contributed by atoms with Crippen LogP contribution in [0.2, 0.25) is 5.02 Å². The minimum absolute atomic E-state index is 0.0118. The number of amides is 1. The maximum Gasteiger partial charge on any atom is 0.270 e. The summed E-state index contributed by atoms with van der Waals surface area (Å²) in [5.41, 5.74) is 3.05. The van der Waals surface area contributed by atoms with Gasteiger partial charge in [0.1, 0.15) is 0 Å². The van der Waals surface area contributed by atoms with Gasteiger partial charge in [0.25, 0.3) is 11.6 Å². The number of aromatic nitrogens is 2. The lowest BCUT2D eigenvalue weighted by Crippen LogP contribution is -2.13. The minimum atomic E-state index is -0.563. The monoisotopic (exact) mass is 418 g/mol. The molecule has 0 saturated carbocycles. The highest BCUT2D eigenvalue weighted by Crippen LogP contribution is 2.25. The van der Waals surface area contributed by atoms with Gasteiger partial charge in [-0.25, -0.2) is 0 Å². The van der Waals surface area contributed by atoms with Crippen molar-refractivity contribution < 1.29 is 9.72 Å². The Morgan fingerprint density at radius 2 is 1.83 bits per heavy atom. The Balaban J connectivity index is 1.59. The van der Waals surface area contributed by atoms with Gasteiger partial charge in [-0.2, -0.15) is 5.10 Å². The Morgan fingerprint density at radius 1 is 1.07 bits per heavy atom. The summed E-state index contributed by atoms with van der Waals surface area (Å²) < 4.78 is 0. The highest BCUT2D eigenvalue weighted by atomic mass is 35.5. The highest BCUT2D eigenvalue weighted by molar-refractivity contribution is 6.34. The summed E-state index contributed by atoms with van der Waals surface area (Å²) in [6.45, 7) is 0. The number of anilines is 1. The Labute approximate surface area is 176 Å². The van der Waals surface area contributed by atoms with Crippen LogP contribution in [0.5, 0.6) is 0 Å². The van der Waals surface area contributed by atoms with Crippen LogP contribution < -0.4 is 5.32 Å². The summed E-state index contributed by atoms with van der Waals surface area (Å²) in [7, 11) is 0. The Kier molecular flexibility index (Phi) is 5.28. The maximum absolute atomic E-state index is 12.7. The van der Waals surface area contributed by atoms with Gasteiger partial charge in [0.15, 0.2) is 0 Å². The molecule has 1 heterocycles. The second-order valence-electron chi connectivity index (χ2n) is 6.45. The molecule has 0 atom stereocenters. The molecule has 0 aliphatic carbocycles. The number of hydrogen-bond donors (Lipinski definition) is 2. The van der Waals surface area contributed by atoms with E-state index in [-0.39, 0.29) is 16.3 Å². The van der Waals surface area contributed by atoms with Crippen molar-refractivity contribution in [1.82, 2.24) is 10.2 Å². The Morgan fingerprint density at radius 3 is 2.63 bits per heavy atom. The molecule has 0 radical (unpaired) electrons.